The number of methoxy groups -OCH3 is 2. The zero-order chi connectivity index (χ0) is 11.6. The molecule has 1 rings (SSSR count). The predicted octanol–water partition coefficient (Wildman–Crippen LogP) is 2.63. The molecule has 0 amide bonds. The van der Waals surface area contributed by atoms with Gasteiger partial charge in [0.2, 0.25) is 0 Å². The van der Waals surface area contributed by atoms with Gasteiger partial charge in [-0.05, 0) is 13.0 Å². The van der Waals surface area contributed by atoms with E-state index in [1.165, 1.54) is 14.2 Å². The molecule has 0 bridgehead atoms. The molecule has 5 heteroatoms. The third-order valence-corrected chi connectivity index (χ3v) is 2.71. The van der Waals surface area contributed by atoms with Gasteiger partial charge in [0, 0.05) is 16.1 Å². The first-order chi connectivity index (χ1) is 7.02. The Morgan fingerprint density at radius 2 is 2.00 bits per heavy atom. The molecule has 2 N–H and O–H groups in total. The Hall–Kier alpha value is -0.810. The predicted molar refractivity (Wildman–Crippen MR) is 59.8 cm³/mol. The fraction of sp³-hybridized carbons (Fsp3) is 0.400. The highest BCUT2D eigenvalue weighted by atomic mass is 79.9. The van der Waals surface area contributed by atoms with Crippen LogP contribution < -0.4 is 15.2 Å². The van der Waals surface area contributed by atoms with Crippen LogP contribution in [-0.2, 0) is 0 Å². The van der Waals surface area contributed by atoms with Gasteiger partial charge in [-0.15, -0.1) is 0 Å². The summed E-state index contributed by atoms with van der Waals surface area (Å²) >= 11 is 3.25. The van der Waals surface area contributed by atoms with E-state index < -0.39 is 11.9 Å². The van der Waals surface area contributed by atoms with Crippen LogP contribution in [0.5, 0.6) is 11.5 Å². The van der Waals surface area contributed by atoms with Gasteiger partial charge in [0.25, 0.3) is 0 Å². The summed E-state index contributed by atoms with van der Waals surface area (Å²) in [5, 5.41) is 0. The van der Waals surface area contributed by atoms with E-state index in [0.717, 1.165) is 0 Å². The Labute approximate surface area is 96.5 Å². The van der Waals surface area contributed by atoms with Crippen LogP contribution >= 0.6 is 15.9 Å². The van der Waals surface area contributed by atoms with Gasteiger partial charge in [-0.1, -0.05) is 15.9 Å². The average molecular weight is 278 g/mol. The lowest BCUT2D eigenvalue weighted by Gasteiger charge is -2.15. The van der Waals surface area contributed by atoms with Crippen LogP contribution in [0, 0.1) is 5.82 Å². The molecule has 0 spiro atoms. The van der Waals surface area contributed by atoms with Crippen LogP contribution in [0.25, 0.3) is 0 Å². The fourth-order valence-electron chi connectivity index (χ4n) is 1.35. The minimum absolute atomic E-state index is 0.0769. The topological polar surface area (TPSA) is 44.5 Å². The molecule has 0 aliphatic heterocycles. The number of nitrogens with two attached hydrogens (primary N) is 1. The van der Waals surface area contributed by atoms with E-state index in [1.807, 2.05) is 0 Å². The average Bonchev–Trinajstić information content (AvgIpc) is 2.16. The Morgan fingerprint density at radius 3 is 2.40 bits per heavy atom. The van der Waals surface area contributed by atoms with Gasteiger partial charge in [-0.2, -0.15) is 0 Å². The molecule has 0 fully saturated rings. The van der Waals surface area contributed by atoms with Crippen LogP contribution in [0.3, 0.4) is 0 Å². The molecular weight excluding hydrogens is 265 g/mol. The second-order valence-corrected chi connectivity index (χ2v) is 3.96. The van der Waals surface area contributed by atoms with Crippen molar-refractivity contribution in [2.24, 2.45) is 5.73 Å². The van der Waals surface area contributed by atoms with Crippen molar-refractivity contribution in [2.45, 2.75) is 13.0 Å². The van der Waals surface area contributed by atoms with E-state index in [-0.39, 0.29) is 5.75 Å². The summed E-state index contributed by atoms with van der Waals surface area (Å²) in [5.74, 6) is -0.0713. The highest BCUT2D eigenvalue weighted by molar-refractivity contribution is 9.10. The summed E-state index contributed by atoms with van der Waals surface area (Å²) in [6.45, 7) is 1.70. The molecule has 1 unspecified atom stereocenters. The molecular formula is C10H13BrFNO2. The zero-order valence-electron chi connectivity index (χ0n) is 8.80. The van der Waals surface area contributed by atoms with E-state index in [9.17, 15) is 4.39 Å². The molecule has 15 heavy (non-hydrogen) atoms. The number of ether oxygens (including phenoxy) is 2. The lowest BCUT2D eigenvalue weighted by Crippen LogP contribution is -2.10. The summed E-state index contributed by atoms with van der Waals surface area (Å²) in [7, 11) is 2.84. The van der Waals surface area contributed by atoms with Crippen LogP contribution in [0.15, 0.2) is 10.5 Å². The van der Waals surface area contributed by atoms with Gasteiger partial charge in [-0.25, -0.2) is 4.39 Å². The van der Waals surface area contributed by atoms with E-state index in [0.29, 0.717) is 15.8 Å². The summed E-state index contributed by atoms with van der Waals surface area (Å²) in [4.78, 5) is 0. The van der Waals surface area contributed by atoms with Crippen LogP contribution in [0.2, 0.25) is 0 Å². The monoisotopic (exact) mass is 277 g/mol. The number of halogens is 2. The second-order valence-electron chi connectivity index (χ2n) is 3.11. The first kappa shape index (κ1) is 12.3. The van der Waals surface area contributed by atoms with E-state index >= 15 is 0 Å². The van der Waals surface area contributed by atoms with Crippen LogP contribution in [0.1, 0.15) is 18.5 Å². The number of benzene rings is 1. The minimum Gasteiger partial charge on any atom is -0.493 e. The molecule has 0 saturated carbocycles. The van der Waals surface area contributed by atoms with Gasteiger partial charge < -0.3 is 15.2 Å². The summed E-state index contributed by atoms with van der Waals surface area (Å²) in [6, 6.07) is 1.22. The van der Waals surface area contributed by atoms with Gasteiger partial charge >= 0.3 is 0 Å². The highest BCUT2D eigenvalue weighted by Crippen LogP contribution is 2.38. The quantitative estimate of drug-likeness (QED) is 0.924. The third kappa shape index (κ3) is 2.23. The molecule has 84 valence electrons. The van der Waals surface area contributed by atoms with Crippen molar-refractivity contribution in [1.82, 2.24) is 0 Å². The second kappa shape index (κ2) is 4.81. The summed E-state index contributed by atoms with van der Waals surface area (Å²) in [5.41, 5.74) is 6.05. The maximum Gasteiger partial charge on any atom is 0.197 e. The molecule has 0 aliphatic rings. The van der Waals surface area contributed by atoms with Crippen LogP contribution in [-0.4, -0.2) is 14.2 Å². The lowest BCUT2D eigenvalue weighted by atomic mass is 10.1. The van der Waals surface area contributed by atoms with Crippen LogP contribution in [0.4, 0.5) is 4.39 Å². The highest BCUT2D eigenvalue weighted by Gasteiger charge is 2.20. The first-order valence-electron chi connectivity index (χ1n) is 4.38. The first-order valence-corrected chi connectivity index (χ1v) is 5.17. The Bertz CT molecular complexity index is 369. The van der Waals surface area contributed by atoms with Gasteiger partial charge in [0.05, 0.1) is 14.2 Å². The number of rotatable bonds is 3. The SMILES string of the molecule is COc1cc(Br)c(C(C)N)c(F)c1OC. The largest absolute Gasteiger partial charge is 0.493 e. The van der Waals surface area contributed by atoms with Crippen molar-refractivity contribution in [1.29, 1.82) is 0 Å². The van der Waals surface area contributed by atoms with E-state index in [2.05, 4.69) is 15.9 Å². The third-order valence-electron chi connectivity index (χ3n) is 2.05. The smallest absolute Gasteiger partial charge is 0.197 e. The number of hydrogen-bond acceptors (Lipinski definition) is 3. The van der Waals surface area contributed by atoms with Crippen molar-refractivity contribution in [3.05, 3.63) is 21.9 Å². The summed E-state index contributed by atoms with van der Waals surface area (Å²) in [6.07, 6.45) is 0. The van der Waals surface area contributed by atoms with Crippen molar-refractivity contribution >= 4 is 15.9 Å². The zero-order valence-corrected chi connectivity index (χ0v) is 10.4. The maximum atomic E-state index is 13.9. The standard InChI is InChI=1S/C10H13BrFNO2/c1-5(13)8-6(11)4-7(14-2)10(15-3)9(8)12/h4-5H,13H2,1-3H3. The van der Waals surface area contributed by atoms with E-state index in [1.54, 1.807) is 13.0 Å². The molecule has 0 aliphatic carbocycles. The molecule has 1 aromatic carbocycles. The Kier molecular flexibility index (Phi) is 3.93. The van der Waals surface area contributed by atoms with Gasteiger partial charge in [-0.3, -0.25) is 0 Å². The fourth-order valence-corrected chi connectivity index (χ4v) is 2.10. The lowest BCUT2D eigenvalue weighted by molar-refractivity contribution is 0.334. The molecule has 1 atom stereocenters. The minimum atomic E-state index is -0.487. The normalized spacial score (nSPS) is 12.4. The van der Waals surface area contributed by atoms with Gasteiger partial charge in [0.15, 0.2) is 17.3 Å². The van der Waals surface area contributed by atoms with E-state index in [4.69, 9.17) is 15.2 Å². The molecule has 0 saturated heterocycles. The number of hydrogen-bond donors (Lipinski definition) is 1. The molecule has 0 radical (unpaired) electrons. The maximum absolute atomic E-state index is 13.9. The Balaban J connectivity index is 3.44. The molecule has 1 aromatic rings. The van der Waals surface area contributed by atoms with Crippen molar-refractivity contribution < 1.29 is 13.9 Å². The Morgan fingerprint density at radius 1 is 1.40 bits per heavy atom. The van der Waals surface area contributed by atoms with Crippen molar-refractivity contribution in [3.63, 3.8) is 0 Å². The molecule has 0 aromatic heterocycles. The van der Waals surface area contributed by atoms with Gasteiger partial charge in [0.1, 0.15) is 0 Å². The molecule has 3 nitrogen and oxygen atoms in total. The van der Waals surface area contributed by atoms with Crippen molar-refractivity contribution in [3.8, 4) is 11.5 Å². The van der Waals surface area contributed by atoms with Crippen molar-refractivity contribution in [2.75, 3.05) is 14.2 Å². The summed E-state index contributed by atoms with van der Waals surface area (Å²) < 4.78 is 24.4. The molecule has 0 heterocycles.